The summed E-state index contributed by atoms with van der Waals surface area (Å²) in [6.45, 7) is 11.2. The van der Waals surface area contributed by atoms with Gasteiger partial charge in [-0.05, 0) is 107 Å². The largest absolute Gasteiger partial charge is 0.496 e. The number of ether oxygens (including phenoxy) is 2. The Kier molecular flexibility index (Phi) is 12.1. The maximum absolute atomic E-state index is 14.3. The molecule has 0 spiro atoms. The predicted molar refractivity (Wildman–Crippen MR) is 186 cm³/mol. The van der Waals surface area contributed by atoms with Crippen LogP contribution in [0.5, 0.6) is 11.5 Å². The third-order valence-corrected chi connectivity index (χ3v) is 11.3. The van der Waals surface area contributed by atoms with Gasteiger partial charge in [0.1, 0.15) is 11.5 Å². The summed E-state index contributed by atoms with van der Waals surface area (Å²) >= 11 is 0. The van der Waals surface area contributed by atoms with Gasteiger partial charge in [-0.15, -0.1) is 0 Å². The first kappa shape index (κ1) is 42.8. The number of methoxy groups -OCH3 is 2. The topological polar surface area (TPSA) is 18.5 Å². The molecule has 54 heavy (non-hydrogen) atoms. The highest BCUT2D eigenvalue weighted by atomic mass is 31.1. The molecular weight excluding hydrogens is 759 g/mol. The van der Waals surface area contributed by atoms with E-state index >= 15 is 0 Å². The summed E-state index contributed by atoms with van der Waals surface area (Å²) in [5.41, 5.74) is -4.60. The van der Waals surface area contributed by atoms with E-state index in [0.717, 1.165) is 12.7 Å². The Balaban J connectivity index is 2.42. The summed E-state index contributed by atoms with van der Waals surface area (Å²) in [5.74, 6) is -0.796. The van der Waals surface area contributed by atoms with Crippen LogP contribution >= 0.6 is 7.92 Å². The third kappa shape index (κ3) is 8.95. The van der Waals surface area contributed by atoms with Crippen LogP contribution in [0, 0.1) is 0 Å². The van der Waals surface area contributed by atoms with Crippen LogP contribution in [0.15, 0.2) is 60.7 Å². The van der Waals surface area contributed by atoms with Gasteiger partial charge < -0.3 is 9.47 Å². The van der Waals surface area contributed by atoms with Gasteiger partial charge in [0.25, 0.3) is 0 Å². The van der Waals surface area contributed by atoms with Crippen molar-refractivity contribution in [2.75, 3.05) is 14.2 Å². The highest BCUT2D eigenvalue weighted by Crippen LogP contribution is 2.51. The lowest BCUT2D eigenvalue weighted by molar-refractivity contribution is -0.144. The van der Waals surface area contributed by atoms with Gasteiger partial charge in [-0.3, -0.25) is 0 Å². The van der Waals surface area contributed by atoms with Gasteiger partial charge in [0.2, 0.25) is 0 Å². The molecule has 0 N–H and O–H groups in total. The first-order chi connectivity index (χ1) is 24.7. The molecule has 15 heteroatoms. The molecule has 0 saturated carbocycles. The fourth-order valence-electron chi connectivity index (χ4n) is 6.14. The molecular formula is C39H37F12O2P. The van der Waals surface area contributed by atoms with Crippen LogP contribution in [0.2, 0.25) is 0 Å². The van der Waals surface area contributed by atoms with Gasteiger partial charge >= 0.3 is 24.7 Å². The van der Waals surface area contributed by atoms with Crippen molar-refractivity contribution in [3.8, 4) is 22.6 Å². The fourth-order valence-corrected chi connectivity index (χ4v) is 8.86. The molecule has 4 rings (SSSR count). The van der Waals surface area contributed by atoms with E-state index < -0.39 is 65.5 Å². The van der Waals surface area contributed by atoms with E-state index in [2.05, 4.69) is 0 Å². The maximum atomic E-state index is 14.3. The molecule has 294 valence electrons. The molecule has 0 aliphatic heterocycles. The summed E-state index contributed by atoms with van der Waals surface area (Å²) in [4.78, 5) is 0. The van der Waals surface area contributed by atoms with Gasteiger partial charge in [0.15, 0.2) is 0 Å². The van der Waals surface area contributed by atoms with Gasteiger partial charge in [-0.25, -0.2) is 0 Å². The van der Waals surface area contributed by atoms with E-state index in [0.29, 0.717) is 41.0 Å². The fraction of sp³-hybridized carbons (Fsp3) is 0.385. The minimum atomic E-state index is -5.40. The highest BCUT2D eigenvalue weighted by molar-refractivity contribution is 7.80. The molecule has 2 nitrogen and oxygen atoms in total. The van der Waals surface area contributed by atoms with Crippen LogP contribution in [0.1, 0.15) is 98.2 Å². The lowest BCUT2D eigenvalue weighted by Gasteiger charge is -2.31. The molecule has 0 saturated heterocycles. The van der Waals surface area contributed by atoms with Gasteiger partial charge in [0, 0.05) is 10.9 Å². The Hall–Kier alpha value is -3.93. The number of hydrogen-bond donors (Lipinski definition) is 0. The molecule has 0 fully saturated rings. The summed E-state index contributed by atoms with van der Waals surface area (Å²) < 4.78 is 183. The first-order valence-electron chi connectivity index (χ1n) is 16.5. The normalized spacial score (nSPS) is 13.1. The van der Waals surface area contributed by atoms with E-state index in [4.69, 9.17) is 9.47 Å². The zero-order valence-corrected chi connectivity index (χ0v) is 31.2. The Morgan fingerprint density at radius 1 is 0.444 bits per heavy atom. The smallest absolute Gasteiger partial charge is 0.416 e. The lowest BCUT2D eigenvalue weighted by Crippen LogP contribution is -2.28. The zero-order valence-electron chi connectivity index (χ0n) is 30.3. The summed E-state index contributed by atoms with van der Waals surface area (Å²) in [7, 11) is -0.820. The molecule has 0 amide bonds. The Morgan fingerprint density at radius 2 is 0.778 bits per heavy atom. The van der Waals surface area contributed by atoms with Crippen molar-refractivity contribution in [2.24, 2.45) is 0 Å². The summed E-state index contributed by atoms with van der Waals surface area (Å²) in [5, 5.41) is -1.90. The monoisotopic (exact) mass is 796 g/mol. The molecule has 0 radical (unpaired) electrons. The molecule has 0 aliphatic rings. The number of alkyl halides is 12. The van der Waals surface area contributed by atoms with Crippen LogP contribution in [0.3, 0.4) is 0 Å². The molecule has 0 atom stereocenters. The van der Waals surface area contributed by atoms with E-state index in [1.807, 2.05) is 53.7 Å². The second-order valence-corrected chi connectivity index (χ2v) is 15.7. The zero-order chi connectivity index (χ0) is 40.9. The SMILES string of the molecule is COc1ccc(OC)c(P(c2cc(C(F)(F)F)cc(C(F)(F)F)c2)c2cc(C(F)(F)F)cc(C(F)(F)F)c2)c1-c1c(C(C)C)cc(C(C)C)cc1C(C)C. The summed E-state index contributed by atoms with van der Waals surface area (Å²) in [6.07, 6.45) is -21.6. The molecule has 0 bridgehead atoms. The van der Waals surface area contributed by atoms with E-state index in [9.17, 15) is 52.7 Å². The second kappa shape index (κ2) is 15.3. The Morgan fingerprint density at radius 3 is 1.06 bits per heavy atom. The van der Waals surface area contributed by atoms with E-state index in [1.165, 1.54) is 19.2 Å². The molecule has 4 aromatic rings. The molecule has 0 unspecified atom stereocenters. The average molecular weight is 797 g/mol. The third-order valence-electron chi connectivity index (χ3n) is 8.81. The maximum Gasteiger partial charge on any atom is 0.416 e. The van der Waals surface area contributed by atoms with Crippen molar-refractivity contribution >= 4 is 23.8 Å². The Labute approximate surface area is 306 Å². The van der Waals surface area contributed by atoms with Crippen molar-refractivity contribution < 1.29 is 62.2 Å². The molecule has 0 heterocycles. The van der Waals surface area contributed by atoms with Crippen LogP contribution in [-0.4, -0.2) is 14.2 Å². The number of benzene rings is 4. The van der Waals surface area contributed by atoms with Gasteiger partial charge in [-0.1, -0.05) is 53.7 Å². The van der Waals surface area contributed by atoms with Crippen LogP contribution < -0.4 is 25.4 Å². The highest BCUT2D eigenvalue weighted by Gasteiger charge is 2.42. The minimum absolute atomic E-state index is 0.00496. The van der Waals surface area contributed by atoms with Crippen molar-refractivity contribution in [3.63, 3.8) is 0 Å². The van der Waals surface area contributed by atoms with Crippen LogP contribution in [0.4, 0.5) is 52.7 Å². The molecule has 0 aliphatic carbocycles. The van der Waals surface area contributed by atoms with Crippen LogP contribution in [0.25, 0.3) is 11.1 Å². The Bertz CT molecular complexity index is 1820. The minimum Gasteiger partial charge on any atom is -0.496 e. The van der Waals surface area contributed by atoms with Crippen molar-refractivity contribution in [1.29, 1.82) is 0 Å². The lowest BCUT2D eigenvalue weighted by atomic mass is 9.81. The number of halogens is 12. The standard InChI is InChI=1S/C39H37F12O2P/c1-19(2)22-11-29(20(3)4)33(30(12-22)21(5)6)34-31(52-7)9-10-32(53-8)35(34)54(27-15-23(36(40,41)42)13-24(16-27)37(43,44)45)28-17-25(38(46,47)48)14-26(18-28)39(49,50)51/h9-21H,1-8H3. The van der Waals surface area contributed by atoms with Crippen molar-refractivity contribution in [1.82, 2.24) is 0 Å². The van der Waals surface area contributed by atoms with E-state index in [-0.39, 0.29) is 52.3 Å². The summed E-state index contributed by atoms with van der Waals surface area (Å²) in [6, 6.07) is 7.40. The second-order valence-electron chi connectivity index (χ2n) is 13.6. The molecule has 4 aromatic carbocycles. The number of hydrogen-bond acceptors (Lipinski definition) is 2. The van der Waals surface area contributed by atoms with Crippen LogP contribution in [-0.2, 0) is 24.7 Å². The van der Waals surface area contributed by atoms with E-state index in [1.54, 1.807) is 0 Å². The quantitative estimate of drug-likeness (QED) is 0.124. The van der Waals surface area contributed by atoms with Crippen molar-refractivity contribution in [2.45, 2.75) is 84.0 Å². The average Bonchev–Trinajstić information content (AvgIpc) is 3.05. The predicted octanol–water partition coefficient (Wildman–Crippen LogP) is 12.6. The van der Waals surface area contributed by atoms with Gasteiger partial charge in [0.05, 0.1) is 36.5 Å². The molecule has 0 aromatic heterocycles. The first-order valence-corrected chi connectivity index (χ1v) is 17.9. The van der Waals surface area contributed by atoms with Crippen molar-refractivity contribution in [3.05, 3.63) is 99.6 Å². The number of rotatable bonds is 9. The van der Waals surface area contributed by atoms with Gasteiger partial charge in [-0.2, -0.15) is 52.7 Å².